The molecule has 0 saturated carbocycles. The van der Waals surface area contributed by atoms with Crippen molar-refractivity contribution in [1.82, 2.24) is 0 Å². The molecule has 0 spiro atoms. The number of hydrogen-bond acceptors (Lipinski definition) is 6. The molecular weight excluding hydrogens is 458 g/mol. The summed E-state index contributed by atoms with van der Waals surface area (Å²) in [6, 6.07) is 15.6. The molecule has 9 heteroatoms. The van der Waals surface area contributed by atoms with Crippen molar-refractivity contribution in [2.24, 2.45) is 0 Å². The number of hydrogen-bond donors (Lipinski definition) is 0. The quantitative estimate of drug-likeness (QED) is 0.252. The van der Waals surface area contributed by atoms with Crippen molar-refractivity contribution in [3.8, 4) is 0 Å². The Kier molecular flexibility index (Phi) is 7.27. The van der Waals surface area contributed by atoms with E-state index in [9.17, 15) is 18.0 Å². The van der Waals surface area contributed by atoms with Gasteiger partial charge in [0.2, 0.25) is 5.78 Å². The Morgan fingerprint density at radius 2 is 1.84 bits per heavy atom. The van der Waals surface area contributed by atoms with Gasteiger partial charge in [-0.05, 0) is 41.8 Å². The third-order valence-corrected chi connectivity index (χ3v) is 7.25. The second-order valence-electron chi connectivity index (χ2n) is 6.28. The number of ketones is 1. The molecule has 3 aromatic rings. The first kappa shape index (κ1) is 22.7. The van der Waals surface area contributed by atoms with Gasteiger partial charge in [-0.1, -0.05) is 41.9 Å². The lowest BCUT2D eigenvalue weighted by Gasteiger charge is -2.23. The molecule has 0 saturated heterocycles. The van der Waals surface area contributed by atoms with Gasteiger partial charge >= 0.3 is 5.97 Å². The Bertz CT molecular complexity index is 1190. The van der Waals surface area contributed by atoms with Crippen LogP contribution in [0.5, 0.6) is 0 Å². The molecule has 1 aromatic heterocycles. The highest BCUT2D eigenvalue weighted by Crippen LogP contribution is 2.27. The van der Waals surface area contributed by atoms with Crippen molar-refractivity contribution in [3.63, 3.8) is 0 Å². The van der Waals surface area contributed by atoms with E-state index in [1.165, 1.54) is 33.9 Å². The van der Waals surface area contributed by atoms with Crippen molar-refractivity contribution >= 4 is 50.4 Å². The van der Waals surface area contributed by atoms with Crippen LogP contribution in [0.25, 0.3) is 0 Å². The number of ether oxygens (including phenoxy) is 1. The molecule has 1 heterocycles. The molecule has 0 amide bonds. The molecule has 0 unspecified atom stereocenters. The summed E-state index contributed by atoms with van der Waals surface area (Å²) >= 11 is 7.34. The maximum absolute atomic E-state index is 13.3. The Labute approximate surface area is 189 Å². The first-order chi connectivity index (χ1) is 14.8. The number of nitrogens with zero attached hydrogens (tertiary/aromatic N) is 1. The maximum atomic E-state index is 13.3. The van der Waals surface area contributed by atoms with Crippen LogP contribution >= 0.6 is 22.9 Å². The monoisotopic (exact) mass is 475 g/mol. The molecule has 0 fully saturated rings. The van der Waals surface area contributed by atoms with Gasteiger partial charge < -0.3 is 4.74 Å². The lowest BCUT2D eigenvalue weighted by Crippen LogP contribution is -2.31. The third-order valence-electron chi connectivity index (χ3n) is 4.22. The molecule has 0 radical (unpaired) electrons. The SMILES string of the molecule is C=CCN(c1ccccc1)S(=O)(=O)c1ccc(Cl)c(C(=O)OCC(=O)c2cccs2)c1. The van der Waals surface area contributed by atoms with Crippen LogP contribution in [0.3, 0.4) is 0 Å². The number of rotatable bonds is 9. The minimum atomic E-state index is -4.03. The predicted molar refractivity (Wildman–Crippen MR) is 122 cm³/mol. The normalized spacial score (nSPS) is 11.0. The van der Waals surface area contributed by atoms with E-state index in [1.807, 2.05) is 0 Å². The second-order valence-corrected chi connectivity index (χ2v) is 9.50. The molecule has 0 aliphatic rings. The zero-order chi connectivity index (χ0) is 22.4. The summed E-state index contributed by atoms with van der Waals surface area (Å²) < 4.78 is 32.8. The minimum Gasteiger partial charge on any atom is -0.454 e. The van der Waals surface area contributed by atoms with Crippen molar-refractivity contribution in [2.45, 2.75) is 4.90 Å². The number of halogens is 1. The van der Waals surface area contributed by atoms with Gasteiger partial charge in [0.1, 0.15) is 0 Å². The summed E-state index contributed by atoms with van der Waals surface area (Å²) in [5, 5.41) is 1.75. The molecule has 0 N–H and O–H groups in total. The molecule has 3 rings (SSSR count). The summed E-state index contributed by atoms with van der Waals surface area (Å²) in [7, 11) is -4.03. The summed E-state index contributed by atoms with van der Waals surface area (Å²) in [5.74, 6) is -1.24. The van der Waals surface area contributed by atoms with E-state index in [-0.39, 0.29) is 27.8 Å². The summed E-state index contributed by atoms with van der Waals surface area (Å²) in [5.41, 5.74) is 0.302. The van der Waals surface area contributed by atoms with Crippen molar-refractivity contribution in [3.05, 3.63) is 94.2 Å². The Balaban J connectivity index is 1.87. The first-order valence-electron chi connectivity index (χ1n) is 9.06. The number of esters is 1. The molecule has 2 aromatic carbocycles. The highest BCUT2D eigenvalue weighted by molar-refractivity contribution is 7.92. The number of para-hydroxylation sites is 1. The van der Waals surface area contributed by atoms with Crippen LogP contribution in [0.15, 0.2) is 83.6 Å². The van der Waals surface area contributed by atoms with Crippen LogP contribution in [0.1, 0.15) is 20.0 Å². The van der Waals surface area contributed by atoms with Crippen molar-refractivity contribution in [2.75, 3.05) is 17.5 Å². The molecule has 0 aliphatic carbocycles. The summed E-state index contributed by atoms with van der Waals surface area (Å²) in [4.78, 5) is 24.9. The van der Waals surface area contributed by atoms with Gasteiger partial charge in [-0.2, -0.15) is 0 Å². The molecule has 0 atom stereocenters. The highest BCUT2D eigenvalue weighted by Gasteiger charge is 2.26. The number of thiophene rings is 1. The Morgan fingerprint density at radius 3 is 2.48 bits per heavy atom. The Morgan fingerprint density at radius 1 is 1.10 bits per heavy atom. The third kappa shape index (κ3) is 5.22. The highest BCUT2D eigenvalue weighted by atomic mass is 35.5. The predicted octanol–water partition coefficient (Wildman–Crippen LogP) is 4.82. The van der Waals surface area contributed by atoms with Gasteiger partial charge in [0.25, 0.3) is 10.0 Å². The smallest absolute Gasteiger partial charge is 0.340 e. The van der Waals surface area contributed by atoms with Crippen LogP contribution in [-0.2, 0) is 14.8 Å². The largest absolute Gasteiger partial charge is 0.454 e. The van der Waals surface area contributed by atoms with Gasteiger partial charge in [0.15, 0.2) is 6.61 Å². The fourth-order valence-electron chi connectivity index (χ4n) is 2.72. The van der Waals surface area contributed by atoms with E-state index >= 15 is 0 Å². The van der Waals surface area contributed by atoms with E-state index in [2.05, 4.69) is 6.58 Å². The fourth-order valence-corrected chi connectivity index (χ4v) is 5.03. The number of carbonyl (C=O) groups is 2. The van der Waals surface area contributed by atoms with Crippen LogP contribution < -0.4 is 4.31 Å². The fraction of sp³-hybridized carbons (Fsp3) is 0.0909. The second kappa shape index (κ2) is 9.91. The van der Waals surface area contributed by atoms with E-state index < -0.39 is 22.6 Å². The van der Waals surface area contributed by atoms with Gasteiger partial charge in [0, 0.05) is 0 Å². The van der Waals surface area contributed by atoms with E-state index in [4.69, 9.17) is 16.3 Å². The number of anilines is 1. The van der Waals surface area contributed by atoms with Crippen LogP contribution in [-0.4, -0.2) is 33.3 Å². The molecule has 6 nitrogen and oxygen atoms in total. The van der Waals surface area contributed by atoms with Crippen LogP contribution in [0.4, 0.5) is 5.69 Å². The van der Waals surface area contributed by atoms with Gasteiger partial charge in [0.05, 0.1) is 32.6 Å². The average Bonchev–Trinajstić information content (AvgIpc) is 3.31. The van der Waals surface area contributed by atoms with E-state index in [0.717, 1.165) is 6.07 Å². The molecule has 0 bridgehead atoms. The zero-order valence-corrected chi connectivity index (χ0v) is 18.6. The minimum absolute atomic E-state index is 0.0162. The van der Waals surface area contributed by atoms with E-state index in [1.54, 1.807) is 47.8 Å². The summed E-state index contributed by atoms with van der Waals surface area (Å²) in [6.07, 6.45) is 1.46. The van der Waals surface area contributed by atoms with Crippen LogP contribution in [0, 0.1) is 0 Å². The first-order valence-corrected chi connectivity index (χ1v) is 11.8. The van der Waals surface area contributed by atoms with E-state index in [0.29, 0.717) is 10.6 Å². The van der Waals surface area contributed by atoms with Gasteiger partial charge in [-0.25, -0.2) is 13.2 Å². The molecule has 0 aliphatic heterocycles. The number of benzene rings is 2. The molecule has 160 valence electrons. The number of carbonyl (C=O) groups excluding carboxylic acids is 2. The number of Topliss-reactive ketones (excluding diaryl/α,β-unsaturated/α-hetero) is 1. The Hall–Kier alpha value is -2.94. The van der Waals surface area contributed by atoms with Crippen molar-refractivity contribution in [1.29, 1.82) is 0 Å². The average molecular weight is 476 g/mol. The standard InChI is InChI=1S/C22H18ClNO5S2/c1-2-12-24(16-7-4-3-5-8-16)31(27,28)17-10-11-19(23)18(14-17)22(26)29-15-20(25)21-9-6-13-30-21/h2-11,13-14H,1,12,15H2. The van der Waals surface area contributed by atoms with Gasteiger partial charge in [-0.3, -0.25) is 9.10 Å². The topological polar surface area (TPSA) is 80.8 Å². The lowest BCUT2D eigenvalue weighted by molar-refractivity contribution is 0.0475. The van der Waals surface area contributed by atoms with Gasteiger partial charge in [-0.15, -0.1) is 17.9 Å². The maximum Gasteiger partial charge on any atom is 0.340 e. The lowest BCUT2D eigenvalue weighted by atomic mass is 10.2. The molecule has 31 heavy (non-hydrogen) atoms. The van der Waals surface area contributed by atoms with Crippen molar-refractivity contribution < 1.29 is 22.7 Å². The van der Waals surface area contributed by atoms with Crippen LogP contribution in [0.2, 0.25) is 5.02 Å². The number of sulfonamides is 1. The zero-order valence-electron chi connectivity index (χ0n) is 16.2. The summed E-state index contributed by atoms with van der Waals surface area (Å²) in [6.45, 7) is 3.18. The molecular formula is C22H18ClNO5S2.